The maximum Gasteiger partial charge on any atom is 0.289 e. The van der Waals surface area contributed by atoms with E-state index >= 15 is 0 Å². The minimum Gasteiger partial charge on any atom is -0.459 e. The lowest BCUT2D eigenvalue weighted by Gasteiger charge is -2.33. The Kier molecular flexibility index (Phi) is 4.55. The molecular formula is C17H23N3O2S. The van der Waals surface area contributed by atoms with Crippen LogP contribution in [-0.2, 0) is 12.0 Å². The van der Waals surface area contributed by atoms with Gasteiger partial charge in [0.15, 0.2) is 5.76 Å². The molecule has 0 saturated carbocycles. The number of amides is 1. The van der Waals surface area contributed by atoms with Crippen molar-refractivity contribution < 1.29 is 9.21 Å². The van der Waals surface area contributed by atoms with Crippen molar-refractivity contribution in [3.63, 3.8) is 0 Å². The van der Waals surface area contributed by atoms with E-state index in [1.54, 1.807) is 29.7 Å². The van der Waals surface area contributed by atoms with Crippen LogP contribution in [-0.4, -0.2) is 46.9 Å². The fourth-order valence-corrected chi connectivity index (χ4v) is 3.65. The van der Waals surface area contributed by atoms with Crippen molar-refractivity contribution >= 4 is 17.2 Å². The highest BCUT2D eigenvalue weighted by Gasteiger charge is 2.24. The molecule has 3 rings (SSSR count). The molecule has 0 radical (unpaired) electrons. The number of nitrogens with zero attached hydrogens (tertiary/aromatic N) is 3. The van der Waals surface area contributed by atoms with Crippen molar-refractivity contribution in [2.75, 3.05) is 26.2 Å². The molecule has 0 aliphatic carbocycles. The summed E-state index contributed by atoms with van der Waals surface area (Å²) in [6.07, 6.45) is 1.54. The van der Waals surface area contributed by atoms with Gasteiger partial charge in [0.2, 0.25) is 0 Å². The molecule has 124 valence electrons. The zero-order chi connectivity index (χ0) is 16.4. The number of hydrogen-bond acceptors (Lipinski definition) is 5. The summed E-state index contributed by atoms with van der Waals surface area (Å²) in [5, 5.41) is 3.31. The first kappa shape index (κ1) is 16.2. The van der Waals surface area contributed by atoms with Crippen LogP contribution >= 0.6 is 11.3 Å². The van der Waals surface area contributed by atoms with Gasteiger partial charge in [-0.25, -0.2) is 4.98 Å². The van der Waals surface area contributed by atoms with E-state index in [1.807, 2.05) is 4.90 Å². The van der Waals surface area contributed by atoms with Crippen LogP contribution < -0.4 is 0 Å². The Morgan fingerprint density at radius 2 is 2.04 bits per heavy atom. The fraction of sp³-hybridized carbons (Fsp3) is 0.529. The first-order valence-corrected chi connectivity index (χ1v) is 8.81. The second kappa shape index (κ2) is 6.45. The lowest BCUT2D eigenvalue weighted by molar-refractivity contribution is 0.0597. The van der Waals surface area contributed by atoms with Crippen molar-refractivity contribution in [3.8, 4) is 0 Å². The van der Waals surface area contributed by atoms with Crippen molar-refractivity contribution in [1.29, 1.82) is 0 Å². The number of piperazine rings is 1. The summed E-state index contributed by atoms with van der Waals surface area (Å²) in [5.74, 6) is 0.409. The Balaban J connectivity index is 1.53. The van der Waals surface area contributed by atoms with E-state index in [0.29, 0.717) is 5.76 Å². The first-order valence-electron chi connectivity index (χ1n) is 7.93. The van der Waals surface area contributed by atoms with Crippen molar-refractivity contribution in [3.05, 3.63) is 40.2 Å². The van der Waals surface area contributed by atoms with Gasteiger partial charge in [-0.1, -0.05) is 20.8 Å². The van der Waals surface area contributed by atoms with E-state index in [0.717, 1.165) is 43.4 Å². The molecule has 2 aromatic rings. The zero-order valence-electron chi connectivity index (χ0n) is 13.9. The van der Waals surface area contributed by atoms with E-state index < -0.39 is 0 Å². The van der Waals surface area contributed by atoms with Gasteiger partial charge >= 0.3 is 0 Å². The molecule has 5 nitrogen and oxygen atoms in total. The van der Waals surface area contributed by atoms with Crippen molar-refractivity contribution in [2.45, 2.75) is 32.7 Å². The summed E-state index contributed by atoms with van der Waals surface area (Å²) in [5.41, 5.74) is 1.26. The summed E-state index contributed by atoms with van der Waals surface area (Å²) in [7, 11) is 0. The Hall–Kier alpha value is -1.66. The van der Waals surface area contributed by atoms with E-state index in [4.69, 9.17) is 9.40 Å². The minimum atomic E-state index is -0.0149. The molecular weight excluding hydrogens is 310 g/mol. The summed E-state index contributed by atoms with van der Waals surface area (Å²) in [6, 6.07) is 3.47. The number of carbonyl (C=O) groups excluding carboxylic acids is 1. The Morgan fingerprint density at radius 3 is 2.61 bits per heavy atom. The molecule has 1 aliphatic heterocycles. The van der Waals surface area contributed by atoms with Gasteiger partial charge in [0.1, 0.15) is 5.01 Å². The topological polar surface area (TPSA) is 49.6 Å². The number of furan rings is 1. The Bertz CT molecular complexity index is 650. The third-order valence-corrected chi connectivity index (χ3v) is 4.90. The van der Waals surface area contributed by atoms with Gasteiger partial charge in [0.05, 0.1) is 18.5 Å². The number of thiazole rings is 1. The number of rotatable bonds is 3. The van der Waals surface area contributed by atoms with Crippen LogP contribution in [0, 0.1) is 0 Å². The molecule has 3 heterocycles. The van der Waals surface area contributed by atoms with Crippen LogP contribution in [0.25, 0.3) is 0 Å². The molecule has 0 atom stereocenters. The van der Waals surface area contributed by atoms with Gasteiger partial charge in [-0.05, 0) is 12.1 Å². The summed E-state index contributed by atoms with van der Waals surface area (Å²) < 4.78 is 5.19. The predicted molar refractivity (Wildman–Crippen MR) is 90.7 cm³/mol. The minimum absolute atomic E-state index is 0.0149. The van der Waals surface area contributed by atoms with Gasteiger partial charge < -0.3 is 9.32 Å². The van der Waals surface area contributed by atoms with Crippen molar-refractivity contribution in [2.24, 2.45) is 0 Å². The Morgan fingerprint density at radius 1 is 1.30 bits per heavy atom. The van der Waals surface area contributed by atoms with Crippen LogP contribution in [0.2, 0.25) is 0 Å². The average Bonchev–Trinajstić information content (AvgIpc) is 3.18. The molecule has 1 aliphatic rings. The summed E-state index contributed by atoms with van der Waals surface area (Å²) in [4.78, 5) is 21.2. The van der Waals surface area contributed by atoms with Crippen molar-refractivity contribution in [1.82, 2.24) is 14.8 Å². The van der Waals surface area contributed by atoms with Crippen LogP contribution in [0.15, 0.2) is 28.2 Å². The highest BCUT2D eigenvalue weighted by Crippen LogP contribution is 2.24. The molecule has 1 amide bonds. The van der Waals surface area contributed by atoms with E-state index in [1.165, 1.54) is 0 Å². The quantitative estimate of drug-likeness (QED) is 0.866. The smallest absolute Gasteiger partial charge is 0.289 e. The van der Waals surface area contributed by atoms with Crippen LogP contribution in [0.4, 0.5) is 0 Å². The molecule has 0 N–H and O–H groups in total. The lowest BCUT2D eigenvalue weighted by Crippen LogP contribution is -2.48. The fourth-order valence-electron chi connectivity index (χ4n) is 2.58. The molecule has 0 bridgehead atoms. The highest BCUT2D eigenvalue weighted by molar-refractivity contribution is 7.09. The molecule has 23 heavy (non-hydrogen) atoms. The van der Waals surface area contributed by atoms with Crippen LogP contribution in [0.5, 0.6) is 0 Å². The normalized spacial score (nSPS) is 16.7. The molecule has 2 aromatic heterocycles. The molecule has 0 unspecified atom stereocenters. The SMILES string of the molecule is CC(C)(C)c1csc(CN2CCN(C(=O)c3ccco3)CC2)n1. The second-order valence-electron chi connectivity index (χ2n) is 6.92. The molecule has 0 aromatic carbocycles. The zero-order valence-corrected chi connectivity index (χ0v) is 14.7. The van der Waals surface area contributed by atoms with E-state index in [-0.39, 0.29) is 11.3 Å². The highest BCUT2D eigenvalue weighted by atomic mass is 32.1. The van der Waals surface area contributed by atoms with Gasteiger partial charge in [-0.2, -0.15) is 0 Å². The van der Waals surface area contributed by atoms with Crippen LogP contribution in [0.3, 0.4) is 0 Å². The largest absolute Gasteiger partial charge is 0.459 e. The summed E-state index contributed by atoms with van der Waals surface area (Å²) >= 11 is 1.73. The van der Waals surface area contributed by atoms with Gasteiger partial charge in [0, 0.05) is 37.0 Å². The average molecular weight is 333 g/mol. The maximum atomic E-state index is 12.2. The van der Waals surface area contributed by atoms with Gasteiger partial charge in [-0.15, -0.1) is 11.3 Å². The number of carbonyl (C=O) groups is 1. The summed E-state index contributed by atoms with van der Waals surface area (Å²) in [6.45, 7) is 10.6. The molecule has 1 saturated heterocycles. The van der Waals surface area contributed by atoms with E-state index in [2.05, 4.69) is 31.1 Å². The monoisotopic (exact) mass is 333 g/mol. The molecule has 0 spiro atoms. The number of aromatic nitrogens is 1. The lowest BCUT2D eigenvalue weighted by atomic mass is 9.93. The maximum absolute atomic E-state index is 12.2. The van der Waals surface area contributed by atoms with Gasteiger partial charge in [0.25, 0.3) is 5.91 Å². The number of hydrogen-bond donors (Lipinski definition) is 0. The standard InChI is InChI=1S/C17H23N3O2S/c1-17(2,3)14-12-23-15(18-14)11-19-6-8-20(9-7-19)16(21)13-5-4-10-22-13/h4-5,10,12H,6-9,11H2,1-3H3. The Labute approximate surface area is 140 Å². The predicted octanol–water partition coefficient (Wildman–Crippen LogP) is 2.99. The molecule has 6 heteroatoms. The molecule has 1 fully saturated rings. The van der Waals surface area contributed by atoms with E-state index in [9.17, 15) is 4.79 Å². The third-order valence-electron chi connectivity index (χ3n) is 4.07. The van der Waals surface area contributed by atoms with Crippen LogP contribution in [0.1, 0.15) is 42.0 Å². The second-order valence-corrected chi connectivity index (χ2v) is 7.86. The van der Waals surface area contributed by atoms with Gasteiger partial charge in [-0.3, -0.25) is 9.69 Å². The first-order chi connectivity index (χ1) is 10.9. The third kappa shape index (κ3) is 3.82.